The predicted octanol–water partition coefficient (Wildman–Crippen LogP) is 5.41. The maximum absolute atomic E-state index is 11.4. The monoisotopic (exact) mass is 320 g/mol. The van der Waals surface area contributed by atoms with Crippen molar-refractivity contribution >= 4 is 14.1 Å². The largest absolute Gasteiger partial charge is 0.410 e. The molecule has 0 saturated heterocycles. The Labute approximate surface area is 137 Å². The Morgan fingerprint density at radius 3 is 2.55 bits per heavy atom. The number of rotatable bonds is 4. The summed E-state index contributed by atoms with van der Waals surface area (Å²) in [6.07, 6.45) is 10.2. The molecule has 0 heterocycles. The quantitative estimate of drug-likeness (QED) is 0.511. The Balaban J connectivity index is 2.27. The van der Waals surface area contributed by atoms with Gasteiger partial charge in [0.1, 0.15) is 0 Å². The van der Waals surface area contributed by atoms with Crippen molar-refractivity contribution < 1.29 is 9.22 Å². The van der Waals surface area contributed by atoms with Crippen molar-refractivity contribution in [2.75, 3.05) is 0 Å². The van der Waals surface area contributed by atoms with Crippen molar-refractivity contribution in [1.82, 2.24) is 0 Å². The van der Waals surface area contributed by atoms with E-state index in [0.29, 0.717) is 5.92 Å². The van der Waals surface area contributed by atoms with Gasteiger partial charge >= 0.3 is 0 Å². The van der Waals surface area contributed by atoms with Crippen molar-refractivity contribution in [2.24, 2.45) is 5.92 Å². The van der Waals surface area contributed by atoms with Gasteiger partial charge in [0.15, 0.2) is 14.1 Å². The first-order chi connectivity index (χ1) is 10.1. The Hall–Kier alpha value is -0.673. The number of hydrogen-bond donors (Lipinski definition) is 0. The molecule has 3 heteroatoms. The van der Waals surface area contributed by atoms with Gasteiger partial charge in [0.25, 0.3) is 0 Å². The van der Waals surface area contributed by atoms with Crippen molar-refractivity contribution in [2.45, 2.75) is 84.0 Å². The van der Waals surface area contributed by atoms with Crippen LogP contribution in [0.5, 0.6) is 0 Å². The summed E-state index contributed by atoms with van der Waals surface area (Å²) < 4.78 is 6.72. The number of carbonyl (C=O) groups excluding carboxylic acids is 1. The highest BCUT2D eigenvalue weighted by atomic mass is 28.4. The average molecular weight is 321 g/mol. The van der Waals surface area contributed by atoms with Gasteiger partial charge < -0.3 is 4.43 Å². The van der Waals surface area contributed by atoms with Gasteiger partial charge in [-0.1, -0.05) is 38.8 Å². The van der Waals surface area contributed by atoms with Crippen LogP contribution in [0.15, 0.2) is 23.3 Å². The Morgan fingerprint density at radius 2 is 1.95 bits per heavy atom. The average Bonchev–Trinajstić information content (AvgIpc) is 2.71. The van der Waals surface area contributed by atoms with Crippen LogP contribution in [0, 0.1) is 5.92 Å². The van der Waals surface area contributed by atoms with E-state index < -0.39 is 8.32 Å². The maximum Gasteiger partial charge on any atom is 0.192 e. The van der Waals surface area contributed by atoms with Gasteiger partial charge in [-0.2, -0.15) is 0 Å². The highest BCUT2D eigenvalue weighted by Gasteiger charge is 2.43. The van der Waals surface area contributed by atoms with E-state index in [2.05, 4.69) is 39.9 Å². The lowest BCUT2D eigenvalue weighted by molar-refractivity contribution is -0.112. The van der Waals surface area contributed by atoms with E-state index in [1.165, 1.54) is 31.3 Å². The summed E-state index contributed by atoms with van der Waals surface area (Å²) in [6, 6.07) is 0. The topological polar surface area (TPSA) is 26.3 Å². The van der Waals surface area contributed by atoms with Gasteiger partial charge in [0.05, 0.1) is 6.10 Å². The summed E-state index contributed by atoms with van der Waals surface area (Å²) in [7, 11) is -1.79. The summed E-state index contributed by atoms with van der Waals surface area (Å²) in [6.45, 7) is 13.1. The van der Waals surface area contributed by atoms with Crippen molar-refractivity contribution in [3.63, 3.8) is 0 Å². The van der Waals surface area contributed by atoms with Crippen LogP contribution in [0.4, 0.5) is 0 Å². The zero-order chi connectivity index (χ0) is 16.5. The molecular weight excluding hydrogens is 288 g/mol. The van der Waals surface area contributed by atoms with E-state index in [9.17, 15) is 4.79 Å². The van der Waals surface area contributed by atoms with E-state index in [1.807, 2.05) is 0 Å². The molecular formula is C19H32O2Si. The van der Waals surface area contributed by atoms with Crippen molar-refractivity contribution in [3.05, 3.63) is 23.3 Å². The number of hydrogen-bond acceptors (Lipinski definition) is 2. The van der Waals surface area contributed by atoms with Gasteiger partial charge in [0, 0.05) is 0 Å². The molecule has 2 atom stereocenters. The highest BCUT2D eigenvalue weighted by molar-refractivity contribution is 6.74. The fourth-order valence-corrected chi connectivity index (χ4v) is 4.67. The number of allylic oxidation sites excluding steroid dienone is 2. The van der Waals surface area contributed by atoms with E-state index in [1.54, 1.807) is 18.6 Å². The number of fused-ring (bicyclic) bond motifs is 1. The summed E-state index contributed by atoms with van der Waals surface area (Å²) in [5.41, 5.74) is 2.90. The Bertz CT molecular complexity index is 494. The SMILES string of the molecule is CC(=O)/C=C/C1=C2CCCCC2CC1O[Si](C)(C)C(C)(C)C. The second kappa shape index (κ2) is 6.44. The molecule has 0 aliphatic heterocycles. The minimum absolute atomic E-state index is 0.124. The summed E-state index contributed by atoms with van der Waals surface area (Å²) >= 11 is 0. The normalized spacial score (nSPS) is 26.6. The fourth-order valence-electron chi connectivity index (χ4n) is 3.38. The van der Waals surface area contributed by atoms with Gasteiger partial charge in [0.2, 0.25) is 0 Å². The first-order valence-electron chi connectivity index (χ1n) is 8.71. The molecule has 124 valence electrons. The molecule has 0 N–H and O–H groups in total. The zero-order valence-electron chi connectivity index (χ0n) is 15.2. The molecule has 0 amide bonds. The van der Waals surface area contributed by atoms with Gasteiger partial charge in [-0.3, -0.25) is 4.79 Å². The minimum atomic E-state index is -1.79. The second-order valence-electron chi connectivity index (χ2n) is 8.47. The van der Waals surface area contributed by atoms with Crippen LogP contribution in [0.25, 0.3) is 0 Å². The third kappa shape index (κ3) is 3.80. The molecule has 0 aromatic carbocycles. The standard InChI is InChI=1S/C19H32O2Si/c1-14(20)11-12-17-16-10-8-7-9-15(16)13-18(17)21-22(5,6)19(2,3)4/h11-12,15,18H,7-10,13H2,1-6H3/b12-11+. The molecule has 22 heavy (non-hydrogen) atoms. The molecule has 1 fully saturated rings. The fraction of sp³-hybridized carbons (Fsp3) is 0.737. The first kappa shape index (κ1) is 17.7. The summed E-state index contributed by atoms with van der Waals surface area (Å²) in [4.78, 5) is 11.4. The highest BCUT2D eigenvalue weighted by Crippen LogP contribution is 2.46. The van der Waals surface area contributed by atoms with Gasteiger partial charge in [-0.05, 0) is 68.3 Å². The lowest BCUT2D eigenvalue weighted by atomic mass is 9.85. The van der Waals surface area contributed by atoms with Crippen LogP contribution < -0.4 is 0 Å². The van der Waals surface area contributed by atoms with Crippen LogP contribution in [0.1, 0.15) is 59.8 Å². The van der Waals surface area contributed by atoms with Crippen LogP contribution in [-0.2, 0) is 9.22 Å². The molecule has 0 aromatic heterocycles. The smallest absolute Gasteiger partial charge is 0.192 e. The van der Waals surface area contributed by atoms with Crippen LogP contribution in [-0.4, -0.2) is 20.2 Å². The maximum atomic E-state index is 11.4. The molecule has 0 aromatic rings. The third-order valence-corrected chi connectivity index (χ3v) is 10.2. The van der Waals surface area contributed by atoms with E-state index in [4.69, 9.17) is 4.43 Å². The number of ketones is 1. The van der Waals surface area contributed by atoms with Gasteiger partial charge in [-0.15, -0.1) is 0 Å². The molecule has 2 aliphatic rings. The van der Waals surface area contributed by atoms with E-state index >= 15 is 0 Å². The minimum Gasteiger partial charge on any atom is -0.410 e. The molecule has 0 spiro atoms. The lowest BCUT2D eigenvalue weighted by Gasteiger charge is -2.39. The van der Waals surface area contributed by atoms with Gasteiger partial charge in [-0.25, -0.2) is 0 Å². The van der Waals surface area contributed by atoms with Crippen molar-refractivity contribution in [3.8, 4) is 0 Å². The van der Waals surface area contributed by atoms with Crippen LogP contribution in [0.2, 0.25) is 18.1 Å². The molecule has 2 unspecified atom stereocenters. The molecule has 1 saturated carbocycles. The zero-order valence-corrected chi connectivity index (χ0v) is 16.2. The van der Waals surface area contributed by atoms with Crippen LogP contribution >= 0.6 is 0 Å². The number of carbonyl (C=O) groups is 1. The lowest BCUT2D eigenvalue weighted by Crippen LogP contribution is -2.44. The van der Waals surface area contributed by atoms with Crippen LogP contribution in [0.3, 0.4) is 0 Å². The Morgan fingerprint density at radius 1 is 1.27 bits per heavy atom. The van der Waals surface area contributed by atoms with E-state index in [-0.39, 0.29) is 16.9 Å². The molecule has 2 nitrogen and oxygen atoms in total. The summed E-state index contributed by atoms with van der Waals surface area (Å²) in [5, 5.41) is 0.223. The van der Waals surface area contributed by atoms with Crippen molar-refractivity contribution in [1.29, 1.82) is 0 Å². The summed E-state index contributed by atoms with van der Waals surface area (Å²) in [5.74, 6) is 0.813. The first-order valence-corrected chi connectivity index (χ1v) is 11.6. The Kier molecular flexibility index (Phi) is 5.18. The van der Waals surface area contributed by atoms with E-state index in [0.717, 1.165) is 6.42 Å². The third-order valence-electron chi connectivity index (χ3n) is 5.70. The second-order valence-corrected chi connectivity index (χ2v) is 13.2. The molecule has 2 aliphatic carbocycles. The molecule has 2 rings (SSSR count). The molecule has 0 radical (unpaired) electrons. The molecule has 0 bridgehead atoms. The predicted molar refractivity (Wildman–Crippen MR) is 95.5 cm³/mol.